The first-order chi connectivity index (χ1) is 13.2. The van der Waals surface area contributed by atoms with E-state index in [1.54, 1.807) is 12.1 Å². The molecular formula is C22H37N3O2. The Kier molecular flexibility index (Phi) is 10.4. The zero-order valence-electron chi connectivity index (χ0n) is 17.0. The van der Waals surface area contributed by atoms with Crippen LogP contribution in [-0.2, 0) is 6.42 Å². The Bertz CT molecular complexity index is 533. The third kappa shape index (κ3) is 8.39. The van der Waals surface area contributed by atoms with Gasteiger partial charge >= 0.3 is 0 Å². The molecule has 1 atom stereocenters. The second kappa shape index (κ2) is 12.8. The second-order valence-electron chi connectivity index (χ2n) is 7.83. The number of nitrogens with zero attached hydrogens (tertiary/aromatic N) is 2. The van der Waals surface area contributed by atoms with Crippen molar-refractivity contribution in [2.45, 2.75) is 77.2 Å². The molecular weight excluding hydrogens is 338 g/mol. The molecule has 0 amide bonds. The highest BCUT2D eigenvalue weighted by Crippen LogP contribution is 2.17. The number of nitrogens with one attached hydrogen (secondary N) is 1. The van der Waals surface area contributed by atoms with E-state index in [1.807, 2.05) is 12.1 Å². The van der Waals surface area contributed by atoms with Crippen LogP contribution in [0.4, 0.5) is 5.69 Å². The van der Waals surface area contributed by atoms with E-state index in [9.17, 15) is 10.1 Å². The van der Waals surface area contributed by atoms with E-state index < -0.39 is 0 Å². The number of rotatable bonds is 13. The molecule has 0 saturated carbocycles. The number of hydrogen-bond donors (Lipinski definition) is 1. The highest BCUT2D eigenvalue weighted by Gasteiger charge is 2.21. The lowest BCUT2D eigenvalue weighted by Gasteiger charge is -2.36. The molecule has 152 valence electrons. The van der Waals surface area contributed by atoms with Gasteiger partial charge in [-0.25, -0.2) is 0 Å². The van der Waals surface area contributed by atoms with Crippen LogP contribution in [-0.4, -0.2) is 42.0 Å². The summed E-state index contributed by atoms with van der Waals surface area (Å²) in [6.45, 7) is 6.58. The van der Waals surface area contributed by atoms with Gasteiger partial charge in [-0.1, -0.05) is 70.4 Å². The van der Waals surface area contributed by atoms with Crippen LogP contribution in [0.2, 0.25) is 0 Å². The average molecular weight is 376 g/mol. The Morgan fingerprint density at radius 1 is 1.07 bits per heavy atom. The predicted molar refractivity (Wildman–Crippen MR) is 112 cm³/mol. The Balaban J connectivity index is 1.66. The molecule has 1 saturated heterocycles. The van der Waals surface area contributed by atoms with Gasteiger partial charge in [0, 0.05) is 44.4 Å². The van der Waals surface area contributed by atoms with Crippen molar-refractivity contribution in [1.82, 2.24) is 10.2 Å². The smallest absolute Gasteiger partial charge is 0.269 e. The first-order valence-electron chi connectivity index (χ1n) is 10.9. The molecule has 1 aliphatic heterocycles. The summed E-state index contributed by atoms with van der Waals surface area (Å²) in [5, 5.41) is 14.3. The molecule has 1 unspecified atom stereocenters. The molecule has 5 nitrogen and oxygen atoms in total. The molecule has 0 spiro atoms. The van der Waals surface area contributed by atoms with E-state index in [0.717, 1.165) is 32.6 Å². The summed E-state index contributed by atoms with van der Waals surface area (Å²) in [7, 11) is 0. The number of unbranched alkanes of at least 4 members (excludes halogenated alkanes) is 7. The van der Waals surface area contributed by atoms with Gasteiger partial charge in [0.25, 0.3) is 5.69 Å². The summed E-state index contributed by atoms with van der Waals surface area (Å²) in [6, 6.07) is 7.66. The number of nitro groups is 1. The maximum atomic E-state index is 10.8. The quantitative estimate of drug-likeness (QED) is 0.301. The first-order valence-corrected chi connectivity index (χ1v) is 10.9. The standard InChI is InChI=1S/C22H37N3O2/c1-2-3-4-5-6-7-8-9-10-22-19-23-16-18-24(22)17-15-20-11-13-21(14-12-20)25(26)27/h11-14,22-23H,2-10,15-19H2,1H3. The van der Waals surface area contributed by atoms with Crippen LogP contribution in [0.5, 0.6) is 0 Å². The summed E-state index contributed by atoms with van der Waals surface area (Å²) < 4.78 is 0. The van der Waals surface area contributed by atoms with E-state index in [1.165, 1.54) is 63.4 Å². The van der Waals surface area contributed by atoms with Crippen molar-refractivity contribution in [2.75, 3.05) is 26.2 Å². The summed E-state index contributed by atoms with van der Waals surface area (Å²) in [4.78, 5) is 13.0. The number of benzene rings is 1. The molecule has 0 radical (unpaired) electrons. The molecule has 1 fully saturated rings. The Morgan fingerprint density at radius 3 is 2.41 bits per heavy atom. The van der Waals surface area contributed by atoms with Crippen LogP contribution < -0.4 is 5.32 Å². The second-order valence-corrected chi connectivity index (χ2v) is 7.83. The van der Waals surface area contributed by atoms with Crippen LogP contribution in [0.15, 0.2) is 24.3 Å². The first kappa shape index (κ1) is 21.8. The van der Waals surface area contributed by atoms with E-state index in [0.29, 0.717) is 6.04 Å². The lowest BCUT2D eigenvalue weighted by molar-refractivity contribution is -0.384. The molecule has 1 aliphatic rings. The molecule has 5 heteroatoms. The predicted octanol–water partition coefficient (Wildman–Crippen LogP) is 4.94. The fraction of sp³-hybridized carbons (Fsp3) is 0.727. The normalized spacial score (nSPS) is 17.9. The maximum Gasteiger partial charge on any atom is 0.269 e. The van der Waals surface area contributed by atoms with E-state index in [4.69, 9.17) is 0 Å². The molecule has 1 aromatic rings. The third-order valence-electron chi connectivity index (χ3n) is 5.70. The van der Waals surface area contributed by atoms with Crippen LogP contribution in [0, 0.1) is 10.1 Å². The molecule has 1 heterocycles. The topological polar surface area (TPSA) is 58.4 Å². The van der Waals surface area contributed by atoms with Crippen molar-refractivity contribution in [1.29, 1.82) is 0 Å². The zero-order chi connectivity index (χ0) is 19.3. The Hall–Kier alpha value is -1.46. The van der Waals surface area contributed by atoms with Gasteiger partial charge in [0.05, 0.1) is 4.92 Å². The number of non-ortho nitro benzene ring substituents is 1. The van der Waals surface area contributed by atoms with Gasteiger partial charge < -0.3 is 5.32 Å². The Labute approximate surface area is 164 Å². The third-order valence-corrected chi connectivity index (χ3v) is 5.70. The average Bonchev–Trinajstić information content (AvgIpc) is 2.69. The molecule has 27 heavy (non-hydrogen) atoms. The number of nitro benzene ring substituents is 1. The van der Waals surface area contributed by atoms with Crippen molar-refractivity contribution in [2.24, 2.45) is 0 Å². The van der Waals surface area contributed by atoms with Gasteiger partial charge in [0.2, 0.25) is 0 Å². The fourth-order valence-corrected chi connectivity index (χ4v) is 3.95. The van der Waals surface area contributed by atoms with E-state index in [-0.39, 0.29) is 10.6 Å². The minimum atomic E-state index is -0.333. The van der Waals surface area contributed by atoms with Crippen LogP contribution in [0.25, 0.3) is 0 Å². The monoisotopic (exact) mass is 375 g/mol. The van der Waals surface area contributed by atoms with Gasteiger partial charge in [0.1, 0.15) is 0 Å². The molecule has 0 bridgehead atoms. The van der Waals surface area contributed by atoms with Gasteiger partial charge in [-0.15, -0.1) is 0 Å². The van der Waals surface area contributed by atoms with Crippen LogP contribution >= 0.6 is 0 Å². The molecule has 1 N–H and O–H groups in total. The summed E-state index contributed by atoms with van der Waals surface area (Å²) in [5.74, 6) is 0. The largest absolute Gasteiger partial charge is 0.314 e. The van der Waals surface area contributed by atoms with Crippen molar-refractivity contribution < 1.29 is 4.92 Å². The highest BCUT2D eigenvalue weighted by atomic mass is 16.6. The van der Waals surface area contributed by atoms with Gasteiger partial charge in [0.15, 0.2) is 0 Å². The summed E-state index contributed by atoms with van der Waals surface area (Å²) in [6.07, 6.45) is 13.2. The Morgan fingerprint density at radius 2 is 1.74 bits per heavy atom. The van der Waals surface area contributed by atoms with Crippen LogP contribution in [0.1, 0.15) is 70.3 Å². The minimum Gasteiger partial charge on any atom is -0.314 e. The van der Waals surface area contributed by atoms with Crippen molar-refractivity contribution in [3.63, 3.8) is 0 Å². The molecule has 0 aromatic heterocycles. The maximum absolute atomic E-state index is 10.8. The van der Waals surface area contributed by atoms with Gasteiger partial charge in [-0.2, -0.15) is 0 Å². The number of hydrogen-bond acceptors (Lipinski definition) is 4. The van der Waals surface area contributed by atoms with Crippen molar-refractivity contribution in [3.8, 4) is 0 Å². The van der Waals surface area contributed by atoms with Gasteiger partial charge in [-0.3, -0.25) is 15.0 Å². The summed E-state index contributed by atoms with van der Waals surface area (Å²) >= 11 is 0. The van der Waals surface area contributed by atoms with E-state index >= 15 is 0 Å². The lowest BCUT2D eigenvalue weighted by Crippen LogP contribution is -2.51. The van der Waals surface area contributed by atoms with Crippen molar-refractivity contribution >= 4 is 5.69 Å². The highest BCUT2D eigenvalue weighted by molar-refractivity contribution is 5.32. The number of piperazine rings is 1. The van der Waals surface area contributed by atoms with Crippen molar-refractivity contribution in [3.05, 3.63) is 39.9 Å². The fourth-order valence-electron chi connectivity index (χ4n) is 3.95. The van der Waals surface area contributed by atoms with Gasteiger partial charge in [-0.05, 0) is 18.4 Å². The summed E-state index contributed by atoms with van der Waals surface area (Å²) in [5.41, 5.74) is 1.36. The van der Waals surface area contributed by atoms with E-state index in [2.05, 4.69) is 17.1 Å². The molecule has 2 rings (SSSR count). The lowest BCUT2D eigenvalue weighted by atomic mass is 10.0. The zero-order valence-corrected chi connectivity index (χ0v) is 17.0. The minimum absolute atomic E-state index is 0.175. The molecule has 0 aliphatic carbocycles. The molecule has 1 aromatic carbocycles. The SMILES string of the molecule is CCCCCCCCCCC1CNCCN1CCc1ccc([N+](=O)[O-])cc1. The van der Waals surface area contributed by atoms with Crippen LogP contribution in [0.3, 0.4) is 0 Å².